The third kappa shape index (κ3) is 2.98. The van der Waals surface area contributed by atoms with E-state index in [1.165, 1.54) is 17.0 Å². The van der Waals surface area contributed by atoms with E-state index in [9.17, 15) is 19.8 Å². The van der Waals surface area contributed by atoms with Gasteiger partial charge in [-0.1, -0.05) is 24.3 Å². The Balaban J connectivity index is 1.55. The van der Waals surface area contributed by atoms with E-state index in [1.807, 2.05) is 18.2 Å². The van der Waals surface area contributed by atoms with E-state index in [-0.39, 0.29) is 29.8 Å². The molecule has 0 radical (unpaired) electrons. The van der Waals surface area contributed by atoms with Gasteiger partial charge < -0.3 is 24.7 Å². The van der Waals surface area contributed by atoms with Gasteiger partial charge >= 0.3 is 5.91 Å². The highest BCUT2D eigenvalue weighted by molar-refractivity contribution is 6.51. The summed E-state index contributed by atoms with van der Waals surface area (Å²) in [5, 5.41) is 21.0. The van der Waals surface area contributed by atoms with Crippen molar-refractivity contribution in [1.29, 1.82) is 0 Å². The fourth-order valence-corrected chi connectivity index (χ4v) is 4.28. The first kappa shape index (κ1) is 19.9. The number of para-hydroxylation sites is 2. The first-order valence-electron chi connectivity index (χ1n) is 10.5. The number of Topliss-reactive ketones (excluding diaryl/α,β-unsaturated/α-hetero) is 1. The van der Waals surface area contributed by atoms with Crippen LogP contribution in [0.25, 0.3) is 16.8 Å². The average molecular weight is 455 g/mol. The van der Waals surface area contributed by atoms with Crippen molar-refractivity contribution >= 4 is 34.4 Å². The first-order valence-corrected chi connectivity index (χ1v) is 10.5. The number of amides is 1. The van der Waals surface area contributed by atoms with Crippen molar-refractivity contribution in [2.75, 3.05) is 11.7 Å². The molecule has 1 amide bonds. The van der Waals surface area contributed by atoms with Crippen molar-refractivity contribution < 1.29 is 29.3 Å². The number of rotatable bonds is 3. The number of nitrogens with zero attached hydrogens (tertiary/aromatic N) is 2. The zero-order valence-electron chi connectivity index (χ0n) is 17.6. The number of carbonyl (C=O) groups excluding carboxylic acids is 2. The molecule has 6 rings (SSSR count). The smallest absolute Gasteiger partial charge is 0.302 e. The molecule has 1 atom stereocenters. The van der Waals surface area contributed by atoms with Gasteiger partial charge in [0.25, 0.3) is 5.78 Å². The number of hydrogen-bond donors (Lipinski definition) is 3. The Bertz CT molecular complexity index is 1470. The van der Waals surface area contributed by atoms with E-state index < -0.39 is 17.7 Å². The molecule has 1 saturated heterocycles. The molecule has 2 aliphatic heterocycles. The van der Waals surface area contributed by atoms with Gasteiger partial charge in [0, 0.05) is 5.56 Å². The molecule has 2 aliphatic rings. The minimum absolute atomic E-state index is 0.0280. The molecule has 0 spiro atoms. The highest BCUT2D eigenvalue weighted by atomic mass is 16.7. The lowest BCUT2D eigenvalue weighted by atomic mass is 9.95. The summed E-state index contributed by atoms with van der Waals surface area (Å²) in [6.45, 7) is 0.0590. The Kier molecular flexibility index (Phi) is 4.31. The molecule has 0 aliphatic carbocycles. The van der Waals surface area contributed by atoms with Crippen LogP contribution >= 0.6 is 0 Å². The second-order valence-electron chi connectivity index (χ2n) is 7.91. The largest absolute Gasteiger partial charge is 0.508 e. The molecule has 34 heavy (non-hydrogen) atoms. The highest BCUT2D eigenvalue weighted by Gasteiger charge is 2.48. The molecule has 3 aromatic carbocycles. The molecular formula is C25H17N3O6. The van der Waals surface area contributed by atoms with E-state index >= 15 is 0 Å². The number of aromatic amines is 1. The van der Waals surface area contributed by atoms with E-state index in [0.717, 1.165) is 0 Å². The monoisotopic (exact) mass is 455 g/mol. The van der Waals surface area contributed by atoms with Crippen molar-refractivity contribution in [3.8, 4) is 17.2 Å². The summed E-state index contributed by atoms with van der Waals surface area (Å²) in [5.74, 6) is -0.890. The minimum atomic E-state index is -0.980. The molecule has 0 saturated carbocycles. The number of phenols is 1. The number of carbonyl (C=O) groups is 2. The van der Waals surface area contributed by atoms with Crippen LogP contribution in [0.5, 0.6) is 17.2 Å². The first-order chi connectivity index (χ1) is 16.5. The lowest BCUT2D eigenvalue weighted by Crippen LogP contribution is -2.30. The minimum Gasteiger partial charge on any atom is -0.508 e. The number of aliphatic hydroxyl groups is 1. The number of fused-ring (bicyclic) bond motifs is 2. The molecule has 3 heterocycles. The third-order valence-corrected chi connectivity index (χ3v) is 5.90. The molecule has 3 N–H and O–H groups in total. The van der Waals surface area contributed by atoms with Crippen molar-refractivity contribution in [2.24, 2.45) is 0 Å². The maximum atomic E-state index is 13.2. The Labute approximate surface area is 192 Å². The lowest BCUT2D eigenvalue weighted by Gasteiger charge is -2.23. The van der Waals surface area contributed by atoms with Gasteiger partial charge in [0.1, 0.15) is 11.5 Å². The fourth-order valence-electron chi connectivity index (χ4n) is 4.28. The normalized spacial score (nSPS) is 18.7. The molecule has 4 aromatic rings. The molecule has 1 aromatic heterocycles. The molecule has 9 heteroatoms. The van der Waals surface area contributed by atoms with E-state index in [2.05, 4.69) is 9.97 Å². The van der Waals surface area contributed by atoms with Crippen LogP contribution in [0.1, 0.15) is 17.2 Å². The van der Waals surface area contributed by atoms with Crippen LogP contribution in [-0.2, 0) is 9.59 Å². The Morgan fingerprint density at radius 1 is 1.00 bits per heavy atom. The van der Waals surface area contributed by atoms with E-state index in [4.69, 9.17) is 9.47 Å². The second-order valence-corrected chi connectivity index (χ2v) is 7.91. The van der Waals surface area contributed by atoms with E-state index in [0.29, 0.717) is 33.7 Å². The molecular weight excluding hydrogens is 438 g/mol. The standard InChI is InChI=1S/C25H17N3O6/c29-15-8-5-13(6-9-15)21-20(22(30)14-7-10-18-19(11-14)34-12-33-18)23(31)24(32)28(21)25-26-16-3-1-2-4-17(16)27-25/h1-11,21,29-30H,12H2,(H,26,27)/b22-20+. The molecule has 1 unspecified atom stereocenters. The molecule has 9 nitrogen and oxygen atoms in total. The Morgan fingerprint density at radius 3 is 2.56 bits per heavy atom. The van der Waals surface area contributed by atoms with Crippen molar-refractivity contribution in [3.63, 3.8) is 0 Å². The van der Waals surface area contributed by atoms with Crippen LogP contribution in [0.15, 0.2) is 72.3 Å². The number of phenolic OH excluding ortho intramolecular Hbond substituents is 1. The molecule has 168 valence electrons. The summed E-state index contributed by atoms with van der Waals surface area (Å²) in [4.78, 5) is 35.3. The molecule has 1 fully saturated rings. The molecule has 0 bridgehead atoms. The van der Waals surface area contributed by atoms with Gasteiger partial charge in [0.15, 0.2) is 11.5 Å². The van der Waals surface area contributed by atoms with Crippen LogP contribution in [0.3, 0.4) is 0 Å². The predicted octanol–water partition coefficient (Wildman–Crippen LogP) is 3.62. The maximum absolute atomic E-state index is 13.2. The van der Waals surface area contributed by atoms with Crippen molar-refractivity contribution in [3.05, 3.63) is 83.4 Å². The van der Waals surface area contributed by atoms with Crippen LogP contribution in [0.2, 0.25) is 0 Å². The van der Waals surface area contributed by atoms with Crippen molar-refractivity contribution in [2.45, 2.75) is 6.04 Å². The van der Waals surface area contributed by atoms with Gasteiger partial charge in [0.2, 0.25) is 12.7 Å². The van der Waals surface area contributed by atoms with Gasteiger partial charge in [-0.2, -0.15) is 0 Å². The zero-order valence-corrected chi connectivity index (χ0v) is 17.6. The summed E-state index contributed by atoms with van der Waals surface area (Å²) in [6, 6.07) is 17.1. The number of aliphatic hydroxyl groups excluding tert-OH is 1. The summed E-state index contributed by atoms with van der Waals surface area (Å²) < 4.78 is 10.7. The van der Waals surface area contributed by atoms with Gasteiger partial charge in [-0.25, -0.2) is 4.98 Å². The number of H-pyrrole nitrogens is 1. The van der Waals surface area contributed by atoms with Crippen molar-refractivity contribution in [1.82, 2.24) is 9.97 Å². The number of ketones is 1. The summed E-state index contributed by atoms with van der Waals surface area (Å²) in [5.41, 5.74) is 2.03. The predicted molar refractivity (Wildman–Crippen MR) is 122 cm³/mol. The number of ether oxygens (including phenoxy) is 2. The number of hydrogen-bond acceptors (Lipinski definition) is 7. The van der Waals surface area contributed by atoms with Crippen LogP contribution in [0.4, 0.5) is 5.95 Å². The Hall–Kier alpha value is -4.79. The number of imidazole rings is 1. The third-order valence-electron chi connectivity index (χ3n) is 5.90. The highest BCUT2D eigenvalue weighted by Crippen LogP contribution is 2.43. The summed E-state index contributed by atoms with van der Waals surface area (Å²) in [6.07, 6.45) is 0. The maximum Gasteiger partial charge on any atom is 0.302 e. The Morgan fingerprint density at radius 2 is 1.76 bits per heavy atom. The SMILES string of the molecule is O=C1C(=O)N(c2nc3ccccc3[nH]2)C(c2ccc(O)cc2)/C1=C(\O)c1ccc2c(c1)OCO2. The number of aromatic nitrogens is 2. The van der Waals surface area contributed by atoms with Gasteiger partial charge in [-0.3, -0.25) is 14.5 Å². The second kappa shape index (κ2) is 7.38. The number of aromatic hydroxyl groups is 1. The average Bonchev–Trinajstić information content (AvgIpc) is 3.55. The van der Waals surface area contributed by atoms with E-state index in [1.54, 1.807) is 36.4 Å². The number of anilines is 1. The lowest BCUT2D eigenvalue weighted by molar-refractivity contribution is -0.132. The summed E-state index contributed by atoms with van der Waals surface area (Å²) in [7, 11) is 0. The number of benzene rings is 3. The van der Waals surface area contributed by atoms with Gasteiger partial charge in [-0.15, -0.1) is 0 Å². The quantitative estimate of drug-likeness (QED) is 0.245. The van der Waals surface area contributed by atoms with Gasteiger partial charge in [-0.05, 0) is 48.0 Å². The topological polar surface area (TPSA) is 125 Å². The van der Waals surface area contributed by atoms with Gasteiger partial charge in [0.05, 0.1) is 22.6 Å². The zero-order chi connectivity index (χ0) is 23.4. The fraction of sp³-hybridized carbons (Fsp3) is 0.0800. The number of nitrogens with one attached hydrogen (secondary N) is 1. The summed E-state index contributed by atoms with van der Waals surface area (Å²) >= 11 is 0. The van der Waals surface area contributed by atoms with Crippen LogP contribution in [-0.4, -0.2) is 38.7 Å². The van der Waals surface area contributed by atoms with Crippen LogP contribution < -0.4 is 14.4 Å². The van der Waals surface area contributed by atoms with Crippen LogP contribution in [0, 0.1) is 0 Å².